The van der Waals surface area contributed by atoms with Crippen LogP contribution in [0, 0.1) is 16.0 Å². The van der Waals surface area contributed by atoms with E-state index < -0.39 is 0 Å². The summed E-state index contributed by atoms with van der Waals surface area (Å²) in [6.45, 7) is 0. The fourth-order valence-electron chi connectivity index (χ4n) is 4.03. The van der Waals surface area contributed by atoms with E-state index in [1.165, 1.54) is 13.2 Å². The number of rotatable bonds is 3. The van der Waals surface area contributed by atoms with Crippen LogP contribution in [-0.4, -0.2) is 18.0 Å². The van der Waals surface area contributed by atoms with Crippen LogP contribution < -0.4 is 5.32 Å². The molecule has 0 unspecified atom stereocenters. The van der Waals surface area contributed by atoms with Gasteiger partial charge in [-0.25, -0.2) is 4.79 Å². The standard InChI is InChI=1S/C20H18N2O4/c1-26-20(23)13-10-8-12(9-11-13)18-15-5-2-4-14(15)16-6-3-7-17(22(24)25)19(16)21-18/h2-4,6-11,14-15,18,21H,5H2,1H3/t14-,15+,18+/m1/s1. The molecule has 1 aliphatic carbocycles. The predicted molar refractivity (Wildman–Crippen MR) is 97.2 cm³/mol. The number of carbonyl (C=O) groups excluding carboxylic acids is 1. The highest BCUT2D eigenvalue weighted by Gasteiger charge is 2.40. The van der Waals surface area contributed by atoms with Gasteiger partial charge in [0.05, 0.1) is 23.6 Å². The van der Waals surface area contributed by atoms with Crippen LogP contribution >= 0.6 is 0 Å². The van der Waals surface area contributed by atoms with Gasteiger partial charge in [0, 0.05) is 12.0 Å². The van der Waals surface area contributed by atoms with E-state index in [-0.39, 0.29) is 34.5 Å². The lowest BCUT2D eigenvalue weighted by Gasteiger charge is -2.37. The van der Waals surface area contributed by atoms with Crippen molar-refractivity contribution < 1.29 is 14.5 Å². The topological polar surface area (TPSA) is 81.5 Å². The third kappa shape index (κ3) is 2.54. The molecule has 0 bridgehead atoms. The van der Waals surface area contributed by atoms with Gasteiger partial charge in [-0.2, -0.15) is 0 Å². The van der Waals surface area contributed by atoms with E-state index in [0.717, 1.165) is 17.5 Å². The van der Waals surface area contributed by atoms with Crippen molar-refractivity contribution in [3.8, 4) is 0 Å². The van der Waals surface area contributed by atoms with Crippen LogP contribution in [-0.2, 0) is 4.74 Å². The van der Waals surface area contributed by atoms with Gasteiger partial charge in [-0.3, -0.25) is 10.1 Å². The molecule has 0 fully saturated rings. The number of benzene rings is 2. The van der Waals surface area contributed by atoms with Gasteiger partial charge in [0.25, 0.3) is 5.69 Å². The van der Waals surface area contributed by atoms with Crippen LogP contribution in [0.25, 0.3) is 0 Å². The first-order valence-corrected chi connectivity index (χ1v) is 8.49. The number of methoxy groups -OCH3 is 1. The van der Waals surface area contributed by atoms with Gasteiger partial charge in [0.15, 0.2) is 0 Å². The zero-order valence-electron chi connectivity index (χ0n) is 14.2. The first-order chi connectivity index (χ1) is 12.6. The molecule has 0 aromatic heterocycles. The molecule has 2 aromatic carbocycles. The fraction of sp³-hybridized carbons (Fsp3) is 0.250. The Morgan fingerprint density at radius 1 is 1.23 bits per heavy atom. The van der Waals surface area contributed by atoms with Crippen LogP contribution in [0.3, 0.4) is 0 Å². The number of fused-ring (bicyclic) bond motifs is 3. The normalized spacial score (nSPS) is 22.9. The van der Waals surface area contributed by atoms with Crippen molar-refractivity contribution in [3.63, 3.8) is 0 Å². The Hall–Kier alpha value is -3.15. The van der Waals surface area contributed by atoms with Crippen LogP contribution in [0.5, 0.6) is 0 Å². The number of esters is 1. The molecule has 3 atom stereocenters. The fourth-order valence-corrected chi connectivity index (χ4v) is 4.03. The minimum absolute atomic E-state index is 0.0599. The number of nitrogens with one attached hydrogen (secondary N) is 1. The first kappa shape index (κ1) is 16.3. The number of nitro groups is 1. The Morgan fingerprint density at radius 3 is 2.69 bits per heavy atom. The van der Waals surface area contributed by atoms with Gasteiger partial charge in [0.2, 0.25) is 0 Å². The van der Waals surface area contributed by atoms with Crippen LogP contribution in [0.1, 0.15) is 39.9 Å². The van der Waals surface area contributed by atoms with Crippen molar-refractivity contribution in [2.45, 2.75) is 18.4 Å². The first-order valence-electron chi connectivity index (χ1n) is 8.49. The number of ether oxygens (including phenoxy) is 1. The summed E-state index contributed by atoms with van der Waals surface area (Å²) >= 11 is 0. The van der Waals surface area contributed by atoms with E-state index in [2.05, 4.69) is 17.5 Å². The number of hydrogen-bond donors (Lipinski definition) is 1. The summed E-state index contributed by atoms with van der Waals surface area (Å²) in [7, 11) is 1.35. The maximum absolute atomic E-state index is 11.6. The Labute approximate surface area is 150 Å². The molecule has 0 amide bonds. The summed E-state index contributed by atoms with van der Waals surface area (Å²) in [4.78, 5) is 22.8. The molecule has 0 saturated heterocycles. The van der Waals surface area contributed by atoms with E-state index in [1.54, 1.807) is 18.2 Å². The lowest BCUT2D eigenvalue weighted by molar-refractivity contribution is -0.384. The number of hydrogen-bond acceptors (Lipinski definition) is 5. The zero-order valence-corrected chi connectivity index (χ0v) is 14.2. The minimum Gasteiger partial charge on any atom is -0.465 e. The minimum atomic E-state index is -0.380. The second-order valence-electron chi connectivity index (χ2n) is 6.59. The van der Waals surface area contributed by atoms with Gasteiger partial charge >= 0.3 is 5.97 Å². The quantitative estimate of drug-likeness (QED) is 0.388. The molecule has 0 radical (unpaired) electrons. The highest BCUT2D eigenvalue weighted by Crippen LogP contribution is 2.51. The molecule has 2 aliphatic rings. The molecule has 1 N–H and O–H groups in total. The summed E-state index contributed by atoms with van der Waals surface area (Å²) in [5.74, 6) is 0.0551. The SMILES string of the molecule is COC(=O)c1ccc([C@@H]2Nc3c(cccc3[N+](=O)[O-])[C@@H]3C=CC[C@@H]32)cc1. The van der Waals surface area contributed by atoms with Crippen LogP contribution in [0.2, 0.25) is 0 Å². The molecule has 1 heterocycles. The molecular weight excluding hydrogens is 332 g/mol. The lowest BCUT2D eigenvalue weighted by Crippen LogP contribution is -2.29. The molecular formula is C20H18N2O4. The number of allylic oxidation sites excluding steroid dienone is 2. The number of nitrogens with zero attached hydrogens (tertiary/aromatic N) is 1. The van der Waals surface area contributed by atoms with Crippen molar-refractivity contribution in [2.75, 3.05) is 12.4 Å². The molecule has 4 rings (SSSR count). The number of nitro benzene ring substituents is 1. The average Bonchev–Trinajstić information content (AvgIpc) is 3.16. The molecule has 6 nitrogen and oxygen atoms in total. The molecule has 2 aromatic rings. The average molecular weight is 350 g/mol. The number of anilines is 1. The number of carbonyl (C=O) groups is 1. The van der Waals surface area contributed by atoms with Crippen LogP contribution in [0.4, 0.5) is 11.4 Å². The van der Waals surface area contributed by atoms with Crippen molar-refractivity contribution in [3.05, 3.63) is 81.4 Å². The summed E-state index contributed by atoms with van der Waals surface area (Å²) in [6, 6.07) is 12.4. The monoisotopic (exact) mass is 350 g/mol. The third-order valence-corrected chi connectivity index (χ3v) is 5.26. The molecule has 1 aliphatic heterocycles. The highest BCUT2D eigenvalue weighted by atomic mass is 16.6. The van der Waals surface area contributed by atoms with E-state index in [1.807, 2.05) is 18.2 Å². The predicted octanol–water partition coefficient (Wildman–Crippen LogP) is 4.21. The third-order valence-electron chi connectivity index (χ3n) is 5.26. The van der Waals surface area contributed by atoms with E-state index >= 15 is 0 Å². The Kier molecular flexibility index (Phi) is 3.95. The molecule has 6 heteroatoms. The Bertz CT molecular complexity index is 905. The van der Waals surface area contributed by atoms with Crippen molar-refractivity contribution in [1.82, 2.24) is 0 Å². The maximum atomic E-state index is 11.6. The highest BCUT2D eigenvalue weighted by molar-refractivity contribution is 5.89. The smallest absolute Gasteiger partial charge is 0.337 e. The summed E-state index contributed by atoms with van der Waals surface area (Å²) < 4.78 is 4.74. The van der Waals surface area contributed by atoms with E-state index in [4.69, 9.17) is 4.74 Å². The largest absolute Gasteiger partial charge is 0.465 e. The van der Waals surface area contributed by atoms with Gasteiger partial charge < -0.3 is 10.1 Å². The second-order valence-corrected chi connectivity index (χ2v) is 6.59. The lowest BCUT2D eigenvalue weighted by atomic mass is 9.76. The Morgan fingerprint density at radius 2 is 2.00 bits per heavy atom. The molecule has 0 saturated carbocycles. The summed E-state index contributed by atoms with van der Waals surface area (Å²) in [6.07, 6.45) is 5.19. The van der Waals surface area contributed by atoms with E-state index in [0.29, 0.717) is 11.3 Å². The number of para-hydroxylation sites is 1. The molecule has 26 heavy (non-hydrogen) atoms. The second kappa shape index (κ2) is 6.29. The van der Waals surface area contributed by atoms with Crippen LogP contribution in [0.15, 0.2) is 54.6 Å². The molecule has 0 spiro atoms. The van der Waals surface area contributed by atoms with Crippen molar-refractivity contribution in [1.29, 1.82) is 0 Å². The van der Waals surface area contributed by atoms with Gasteiger partial charge in [-0.05, 0) is 35.6 Å². The summed E-state index contributed by atoms with van der Waals surface area (Å²) in [5, 5.41) is 14.9. The summed E-state index contributed by atoms with van der Waals surface area (Å²) in [5.41, 5.74) is 3.14. The van der Waals surface area contributed by atoms with Crippen molar-refractivity contribution >= 4 is 17.3 Å². The van der Waals surface area contributed by atoms with Gasteiger partial charge in [0.1, 0.15) is 5.69 Å². The Balaban J connectivity index is 1.75. The van der Waals surface area contributed by atoms with Crippen molar-refractivity contribution in [2.24, 2.45) is 5.92 Å². The zero-order chi connectivity index (χ0) is 18.3. The van der Waals surface area contributed by atoms with Gasteiger partial charge in [-0.1, -0.05) is 36.4 Å². The van der Waals surface area contributed by atoms with Gasteiger partial charge in [-0.15, -0.1) is 0 Å². The van der Waals surface area contributed by atoms with E-state index in [9.17, 15) is 14.9 Å². The molecule has 132 valence electrons. The maximum Gasteiger partial charge on any atom is 0.337 e.